The average molecular weight is 285 g/mol. The normalized spacial score (nSPS) is 13.0. The van der Waals surface area contributed by atoms with E-state index in [1.807, 2.05) is 17.7 Å². The molecule has 0 aliphatic heterocycles. The highest BCUT2D eigenvalue weighted by atomic mass is 16.3. The van der Waals surface area contributed by atoms with Crippen molar-refractivity contribution in [1.29, 1.82) is 10.7 Å². The Morgan fingerprint density at radius 2 is 2.33 bits per heavy atom. The number of fused-ring (bicyclic) bond motifs is 1. The Morgan fingerprint density at radius 3 is 2.90 bits per heavy atom. The number of imidazole rings is 1. The van der Waals surface area contributed by atoms with Crippen LogP contribution < -0.4 is 11.2 Å². The van der Waals surface area contributed by atoms with Crippen molar-refractivity contribution in [3.8, 4) is 6.07 Å². The summed E-state index contributed by atoms with van der Waals surface area (Å²) >= 11 is 0. The lowest BCUT2D eigenvalue weighted by Crippen LogP contribution is -2.21. The Labute approximate surface area is 121 Å². The van der Waals surface area contributed by atoms with Gasteiger partial charge in [-0.15, -0.1) is 0 Å². The number of nitrogens with one attached hydrogen (secondary N) is 2. The van der Waals surface area contributed by atoms with Gasteiger partial charge in [-0.3, -0.25) is 10.8 Å². The Kier molecular flexibility index (Phi) is 3.86. The molecular weight excluding hydrogens is 270 g/mol. The van der Waals surface area contributed by atoms with E-state index in [4.69, 9.17) is 16.4 Å². The van der Waals surface area contributed by atoms with Crippen molar-refractivity contribution in [3.63, 3.8) is 0 Å². The third-order valence-corrected chi connectivity index (χ3v) is 2.95. The van der Waals surface area contributed by atoms with Gasteiger partial charge in [-0.05, 0) is 25.1 Å². The first-order chi connectivity index (χ1) is 9.93. The van der Waals surface area contributed by atoms with E-state index in [0.717, 1.165) is 5.52 Å². The van der Waals surface area contributed by atoms with Crippen LogP contribution in [-0.2, 0) is 7.05 Å². The van der Waals surface area contributed by atoms with Gasteiger partial charge in [-0.2, -0.15) is 10.4 Å². The molecule has 1 aromatic heterocycles. The van der Waals surface area contributed by atoms with Crippen LogP contribution in [0.3, 0.4) is 0 Å². The second-order valence-corrected chi connectivity index (χ2v) is 4.51. The fraction of sp³-hybridized carbons (Fsp3) is 0.231. The first-order valence-corrected chi connectivity index (χ1v) is 6.16. The highest BCUT2D eigenvalue weighted by Crippen LogP contribution is 2.22. The van der Waals surface area contributed by atoms with Crippen molar-refractivity contribution in [2.75, 3.05) is 5.43 Å². The van der Waals surface area contributed by atoms with E-state index in [1.165, 1.54) is 0 Å². The molecule has 0 bridgehead atoms. The van der Waals surface area contributed by atoms with E-state index < -0.39 is 11.9 Å². The quantitative estimate of drug-likeness (QED) is 0.375. The number of nitrogens with two attached hydrogens (primary N) is 1. The van der Waals surface area contributed by atoms with Crippen molar-refractivity contribution >= 4 is 28.3 Å². The van der Waals surface area contributed by atoms with Crippen LogP contribution >= 0.6 is 0 Å². The summed E-state index contributed by atoms with van der Waals surface area (Å²) in [6, 6.07) is 7.04. The van der Waals surface area contributed by atoms with Crippen molar-refractivity contribution in [2.45, 2.75) is 13.0 Å². The number of nitrogens with zero attached hydrogens (tertiary/aromatic N) is 4. The number of amidine groups is 1. The maximum absolute atomic E-state index is 9.65. The summed E-state index contributed by atoms with van der Waals surface area (Å²) in [5, 5.41) is 29.3. The number of aromatic nitrogens is 2. The number of hydrazone groups is 1. The lowest BCUT2D eigenvalue weighted by atomic mass is 10.3. The molecule has 0 aliphatic rings. The molecule has 0 amide bonds. The fourth-order valence-corrected chi connectivity index (χ4v) is 1.93. The molecule has 8 nitrogen and oxygen atoms in total. The van der Waals surface area contributed by atoms with Gasteiger partial charge >= 0.3 is 0 Å². The van der Waals surface area contributed by atoms with E-state index in [0.29, 0.717) is 17.0 Å². The summed E-state index contributed by atoms with van der Waals surface area (Å²) in [4.78, 5) is 4.35. The van der Waals surface area contributed by atoms with Gasteiger partial charge in [-0.1, -0.05) is 0 Å². The largest absolute Gasteiger partial charge is 0.385 e. The molecule has 0 saturated carbocycles. The number of benzene rings is 1. The van der Waals surface area contributed by atoms with Crippen molar-refractivity contribution < 1.29 is 5.11 Å². The summed E-state index contributed by atoms with van der Waals surface area (Å²) < 4.78 is 1.81. The van der Waals surface area contributed by atoms with Crippen LogP contribution in [0.15, 0.2) is 23.3 Å². The molecule has 2 rings (SSSR count). The third-order valence-electron chi connectivity index (χ3n) is 2.95. The monoisotopic (exact) mass is 285 g/mol. The summed E-state index contributed by atoms with van der Waals surface area (Å²) in [6.45, 7) is 1.65. The van der Waals surface area contributed by atoms with Gasteiger partial charge in [0, 0.05) is 7.05 Å². The molecule has 0 radical (unpaired) electrons. The number of aryl methyl sites for hydroxylation is 1. The van der Waals surface area contributed by atoms with Gasteiger partial charge in [-0.25, -0.2) is 4.98 Å². The van der Waals surface area contributed by atoms with Crippen LogP contribution in [0.5, 0.6) is 0 Å². The van der Waals surface area contributed by atoms with Gasteiger partial charge in [0.1, 0.15) is 18.0 Å². The minimum absolute atomic E-state index is 0.194. The molecule has 0 aliphatic carbocycles. The molecule has 108 valence electrons. The van der Waals surface area contributed by atoms with E-state index in [1.54, 1.807) is 25.1 Å². The SMILES string of the molecule is CC(O)c1nc2cc(N/N=C(\C#N)C(=N)N)ccc2n1C. The lowest BCUT2D eigenvalue weighted by molar-refractivity contribution is 0.186. The van der Waals surface area contributed by atoms with Gasteiger partial charge in [0.2, 0.25) is 5.71 Å². The van der Waals surface area contributed by atoms with E-state index in [2.05, 4.69) is 15.5 Å². The zero-order valence-corrected chi connectivity index (χ0v) is 11.6. The molecule has 1 atom stereocenters. The molecule has 0 fully saturated rings. The third kappa shape index (κ3) is 2.82. The number of aliphatic hydroxyl groups is 1. The Balaban J connectivity index is 2.36. The van der Waals surface area contributed by atoms with Gasteiger partial charge < -0.3 is 15.4 Å². The van der Waals surface area contributed by atoms with E-state index >= 15 is 0 Å². The smallest absolute Gasteiger partial charge is 0.201 e. The van der Waals surface area contributed by atoms with Crippen LogP contribution in [0, 0.1) is 16.7 Å². The number of nitriles is 1. The average Bonchev–Trinajstić information content (AvgIpc) is 2.76. The molecule has 1 heterocycles. The predicted octanol–water partition coefficient (Wildman–Crippen LogP) is 0.854. The van der Waals surface area contributed by atoms with Crippen LogP contribution in [0.25, 0.3) is 11.0 Å². The molecule has 8 heteroatoms. The topological polar surface area (TPSA) is 136 Å². The molecule has 21 heavy (non-hydrogen) atoms. The maximum Gasteiger partial charge on any atom is 0.201 e. The van der Waals surface area contributed by atoms with E-state index in [-0.39, 0.29) is 5.71 Å². The minimum Gasteiger partial charge on any atom is -0.385 e. The lowest BCUT2D eigenvalue weighted by Gasteiger charge is -2.04. The van der Waals surface area contributed by atoms with Gasteiger partial charge in [0.15, 0.2) is 5.84 Å². The first-order valence-electron chi connectivity index (χ1n) is 6.16. The highest BCUT2D eigenvalue weighted by molar-refractivity contribution is 6.45. The maximum atomic E-state index is 9.65. The van der Waals surface area contributed by atoms with Crippen LogP contribution in [0.4, 0.5) is 5.69 Å². The van der Waals surface area contributed by atoms with Gasteiger partial charge in [0.05, 0.1) is 16.7 Å². The summed E-state index contributed by atoms with van der Waals surface area (Å²) in [5.41, 5.74) is 9.83. The molecule has 1 aromatic carbocycles. The number of anilines is 1. The summed E-state index contributed by atoms with van der Waals surface area (Å²) in [6.07, 6.45) is -0.667. The molecule has 0 saturated heterocycles. The molecule has 1 unspecified atom stereocenters. The van der Waals surface area contributed by atoms with Crippen LogP contribution in [-0.4, -0.2) is 26.2 Å². The van der Waals surface area contributed by atoms with Crippen LogP contribution in [0.2, 0.25) is 0 Å². The minimum atomic E-state index is -0.667. The zero-order valence-electron chi connectivity index (χ0n) is 11.6. The standard InChI is InChI=1S/C13H15N7O/c1-7(21)13-17-9-5-8(3-4-11(9)20(13)2)18-19-10(6-14)12(15)16/h3-5,7,18,21H,1-2H3,(H3,15,16)/b19-10+. The highest BCUT2D eigenvalue weighted by Gasteiger charge is 2.12. The Hall–Kier alpha value is -2.92. The molecule has 2 aromatic rings. The van der Waals surface area contributed by atoms with Crippen molar-refractivity contribution in [2.24, 2.45) is 17.9 Å². The Bertz CT molecular complexity index is 767. The number of hydrogen-bond acceptors (Lipinski definition) is 6. The molecule has 0 spiro atoms. The number of hydrogen-bond donors (Lipinski definition) is 4. The number of aliphatic hydroxyl groups excluding tert-OH is 1. The van der Waals surface area contributed by atoms with E-state index in [9.17, 15) is 5.11 Å². The summed E-state index contributed by atoms with van der Waals surface area (Å²) in [7, 11) is 1.83. The second-order valence-electron chi connectivity index (χ2n) is 4.51. The zero-order chi connectivity index (χ0) is 15.6. The Morgan fingerprint density at radius 1 is 1.62 bits per heavy atom. The molecular formula is C13H15N7O. The number of rotatable bonds is 4. The summed E-state index contributed by atoms with van der Waals surface area (Å²) in [5.74, 6) is 0.160. The first kappa shape index (κ1) is 14.5. The van der Waals surface area contributed by atoms with Crippen molar-refractivity contribution in [1.82, 2.24) is 9.55 Å². The van der Waals surface area contributed by atoms with Crippen molar-refractivity contribution in [3.05, 3.63) is 24.0 Å². The van der Waals surface area contributed by atoms with Gasteiger partial charge in [0.25, 0.3) is 0 Å². The molecule has 5 N–H and O–H groups in total. The predicted molar refractivity (Wildman–Crippen MR) is 79.9 cm³/mol. The second kappa shape index (κ2) is 5.60. The fourth-order valence-electron chi connectivity index (χ4n) is 1.93. The van der Waals surface area contributed by atoms with Crippen LogP contribution in [0.1, 0.15) is 18.9 Å².